The molecule has 0 saturated carbocycles. The van der Waals surface area contributed by atoms with Gasteiger partial charge in [-0.05, 0) is 17.5 Å². The minimum absolute atomic E-state index is 0.453. The van der Waals surface area contributed by atoms with Crippen LogP contribution in [0.4, 0.5) is 0 Å². The Kier molecular flexibility index (Phi) is 3.09. The van der Waals surface area contributed by atoms with Gasteiger partial charge in [-0.1, -0.05) is 54.6 Å². The monoisotopic (exact) mass is 292 g/mol. The van der Waals surface area contributed by atoms with E-state index in [2.05, 4.69) is 36.4 Å². The predicted octanol–water partition coefficient (Wildman–Crippen LogP) is 3.96. The van der Waals surface area contributed by atoms with Crippen LogP contribution >= 0.6 is 11.3 Å². The second-order valence-corrected chi connectivity index (χ2v) is 6.46. The van der Waals surface area contributed by atoms with Crippen molar-refractivity contribution < 1.29 is 0 Å². The van der Waals surface area contributed by atoms with Gasteiger partial charge in [0.1, 0.15) is 5.01 Å². The van der Waals surface area contributed by atoms with Crippen LogP contribution in [0.25, 0.3) is 11.3 Å². The lowest BCUT2D eigenvalue weighted by Crippen LogP contribution is -2.17. The number of benzene rings is 2. The average Bonchev–Trinajstić information content (AvgIpc) is 2.93. The maximum absolute atomic E-state index is 5.93. The van der Waals surface area contributed by atoms with Crippen molar-refractivity contribution >= 4 is 11.3 Å². The smallest absolute Gasteiger partial charge is 0.101 e. The number of hydrogen-bond donors (Lipinski definition) is 1. The molecule has 104 valence electrons. The summed E-state index contributed by atoms with van der Waals surface area (Å²) in [5.74, 6) is 0.453. The van der Waals surface area contributed by atoms with Crippen LogP contribution in [0.1, 0.15) is 26.9 Å². The molecule has 1 atom stereocenters. The van der Waals surface area contributed by atoms with E-state index in [0.717, 1.165) is 17.7 Å². The normalized spacial score (nSPS) is 16.3. The summed E-state index contributed by atoms with van der Waals surface area (Å²) >= 11 is 1.77. The van der Waals surface area contributed by atoms with Crippen LogP contribution in [0.2, 0.25) is 0 Å². The molecule has 0 amide bonds. The fraction of sp³-hybridized carbons (Fsp3) is 0.167. The largest absolute Gasteiger partial charge is 0.326 e. The van der Waals surface area contributed by atoms with E-state index in [9.17, 15) is 0 Å². The first-order valence-corrected chi connectivity index (χ1v) is 8.01. The van der Waals surface area contributed by atoms with Gasteiger partial charge in [0.2, 0.25) is 0 Å². The van der Waals surface area contributed by atoms with Crippen LogP contribution in [-0.4, -0.2) is 4.98 Å². The molecule has 1 heterocycles. The van der Waals surface area contributed by atoms with Gasteiger partial charge in [-0.25, -0.2) is 4.98 Å². The van der Waals surface area contributed by atoms with Crippen molar-refractivity contribution in [3.8, 4) is 11.3 Å². The molecule has 0 radical (unpaired) electrons. The van der Waals surface area contributed by atoms with Gasteiger partial charge in [0.05, 0.1) is 5.69 Å². The average molecular weight is 292 g/mol. The van der Waals surface area contributed by atoms with Gasteiger partial charge in [0.25, 0.3) is 0 Å². The Bertz CT molecular complexity index is 777. The number of nitrogens with zero attached hydrogens (tertiary/aromatic N) is 1. The van der Waals surface area contributed by atoms with Crippen molar-refractivity contribution in [2.24, 2.45) is 5.73 Å². The van der Waals surface area contributed by atoms with Gasteiger partial charge >= 0.3 is 0 Å². The molecule has 3 heteroatoms. The van der Waals surface area contributed by atoms with Crippen molar-refractivity contribution in [1.29, 1.82) is 0 Å². The molecule has 0 fully saturated rings. The van der Waals surface area contributed by atoms with Crippen LogP contribution in [0.15, 0.2) is 54.6 Å². The van der Waals surface area contributed by atoms with Gasteiger partial charge in [0, 0.05) is 22.9 Å². The minimum Gasteiger partial charge on any atom is -0.326 e. The summed E-state index contributed by atoms with van der Waals surface area (Å²) < 4.78 is 0. The van der Waals surface area contributed by atoms with E-state index in [1.54, 1.807) is 11.3 Å². The number of hydrogen-bond acceptors (Lipinski definition) is 3. The highest BCUT2D eigenvalue weighted by Gasteiger charge is 2.30. The van der Waals surface area contributed by atoms with Crippen molar-refractivity contribution in [2.75, 3.05) is 0 Å². The Hall–Kier alpha value is -1.97. The molecule has 1 aliphatic carbocycles. The van der Waals surface area contributed by atoms with Gasteiger partial charge in [-0.2, -0.15) is 0 Å². The van der Waals surface area contributed by atoms with Crippen LogP contribution in [0, 0.1) is 0 Å². The lowest BCUT2D eigenvalue weighted by Gasteiger charge is -2.28. The molecule has 4 rings (SSSR count). The summed E-state index contributed by atoms with van der Waals surface area (Å²) in [4.78, 5) is 6.09. The molecule has 0 aliphatic heterocycles. The number of fused-ring (bicyclic) bond motifs is 1. The molecular weight excluding hydrogens is 276 g/mol. The summed E-state index contributed by atoms with van der Waals surface area (Å²) in [5.41, 5.74) is 11.0. The highest BCUT2D eigenvalue weighted by Crippen LogP contribution is 2.43. The molecule has 0 saturated heterocycles. The van der Waals surface area contributed by atoms with E-state index < -0.39 is 0 Å². The zero-order valence-electron chi connectivity index (χ0n) is 11.6. The Morgan fingerprint density at radius 1 is 1.05 bits per heavy atom. The van der Waals surface area contributed by atoms with E-state index in [-0.39, 0.29) is 0 Å². The van der Waals surface area contributed by atoms with Crippen molar-refractivity contribution in [3.05, 3.63) is 75.6 Å². The zero-order chi connectivity index (χ0) is 14.2. The molecule has 0 spiro atoms. The second kappa shape index (κ2) is 5.10. The number of aromatic nitrogens is 1. The fourth-order valence-corrected chi connectivity index (χ4v) is 4.04. The fourth-order valence-electron chi connectivity index (χ4n) is 2.96. The van der Waals surface area contributed by atoms with Gasteiger partial charge in [-0.3, -0.25) is 0 Å². The maximum Gasteiger partial charge on any atom is 0.101 e. The SMILES string of the molecule is NCc1sc(C2Cc3ccccc32)nc1-c1ccccc1. The van der Waals surface area contributed by atoms with Crippen LogP contribution in [0.5, 0.6) is 0 Å². The highest BCUT2D eigenvalue weighted by molar-refractivity contribution is 7.12. The van der Waals surface area contributed by atoms with Crippen LogP contribution < -0.4 is 5.73 Å². The highest BCUT2D eigenvalue weighted by atomic mass is 32.1. The van der Waals surface area contributed by atoms with Crippen molar-refractivity contribution in [3.63, 3.8) is 0 Å². The summed E-state index contributed by atoms with van der Waals surface area (Å²) in [6, 6.07) is 19.0. The quantitative estimate of drug-likeness (QED) is 0.793. The summed E-state index contributed by atoms with van der Waals surface area (Å²) in [6.45, 7) is 0.552. The minimum atomic E-state index is 0.453. The van der Waals surface area contributed by atoms with Gasteiger partial charge in [0.15, 0.2) is 0 Å². The molecule has 1 aliphatic rings. The summed E-state index contributed by atoms with van der Waals surface area (Å²) in [6.07, 6.45) is 1.10. The predicted molar refractivity (Wildman–Crippen MR) is 87.4 cm³/mol. The Morgan fingerprint density at radius 3 is 2.57 bits per heavy atom. The molecule has 2 aromatic carbocycles. The van der Waals surface area contributed by atoms with E-state index in [1.807, 2.05) is 18.2 Å². The van der Waals surface area contributed by atoms with Crippen molar-refractivity contribution in [2.45, 2.75) is 18.9 Å². The molecule has 2 nitrogen and oxygen atoms in total. The molecular formula is C18H16N2S. The number of nitrogens with two attached hydrogens (primary N) is 1. The molecule has 2 N–H and O–H groups in total. The number of rotatable bonds is 3. The molecule has 3 aromatic rings. The molecule has 21 heavy (non-hydrogen) atoms. The topological polar surface area (TPSA) is 38.9 Å². The van der Waals surface area contributed by atoms with Crippen LogP contribution in [0.3, 0.4) is 0 Å². The third kappa shape index (κ3) is 2.09. The lowest BCUT2D eigenvalue weighted by molar-refractivity contribution is 0.703. The van der Waals surface area contributed by atoms with Crippen LogP contribution in [-0.2, 0) is 13.0 Å². The van der Waals surface area contributed by atoms with E-state index >= 15 is 0 Å². The van der Waals surface area contributed by atoms with Crippen molar-refractivity contribution in [1.82, 2.24) is 4.98 Å². The number of thiazole rings is 1. The first-order chi connectivity index (χ1) is 10.4. The maximum atomic E-state index is 5.93. The molecule has 1 aromatic heterocycles. The van der Waals surface area contributed by atoms with Gasteiger partial charge in [-0.15, -0.1) is 11.3 Å². The second-order valence-electron chi connectivity index (χ2n) is 5.35. The standard InChI is InChI=1S/C18H16N2S/c19-11-16-17(12-6-2-1-3-7-12)20-18(21-16)15-10-13-8-4-5-9-14(13)15/h1-9,15H,10-11,19H2. The summed E-state index contributed by atoms with van der Waals surface area (Å²) in [7, 11) is 0. The summed E-state index contributed by atoms with van der Waals surface area (Å²) in [5, 5.41) is 1.20. The Labute approximate surface area is 128 Å². The first kappa shape index (κ1) is 12.7. The Balaban J connectivity index is 1.75. The third-order valence-electron chi connectivity index (χ3n) is 4.10. The lowest BCUT2D eigenvalue weighted by atomic mass is 9.78. The Morgan fingerprint density at radius 2 is 1.81 bits per heavy atom. The molecule has 1 unspecified atom stereocenters. The van der Waals surface area contributed by atoms with E-state index in [0.29, 0.717) is 12.5 Å². The van der Waals surface area contributed by atoms with E-state index in [4.69, 9.17) is 10.7 Å². The van der Waals surface area contributed by atoms with Gasteiger partial charge < -0.3 is 5.73 Å². The first-order valence-electron chi connectivity index (χ1n) is 7.19. The molecule has 0 bridgehead atoms. The zero-order valence-corrected chi connectivity index (χ0v) is 12.4. The third-order valence-corrected chi connectivity index (χ3v) is 5.29. The van der Waals surface area contributed by atoms with E-state index in [1.165, 1.54) is 21.0 Å².